The van der Waals surface area contributed by atoms with Crippen molar-refractivity contribution in [2.75, 3.05) is 17.2 Å². The molecule has 0 atom stereocenters. The zero-order valence-electron chi connectivity index (χ0n) is 14.7. The van der Waals surface area contributed by atoms with Gasteiger partial charge in [-0.1, -0.05) is 6.07 Å². The van der Waals surface area contributed by atoms with Crippen LogP contribution >= 0.6 is 11.8 Å². The maximum Gasteiger partial charge on any atom is 0.338 e. The molecule has 0 bridgehead atoms. The number of aryl methyl sites for hydroxylation is 1. The summed E-state index contributed by atoms with van der Waals surface area (Å²) < 4.78 is 5.01. The van der Waals surface area contributed by atoms with Crippen LogP contribution in [-0.2, 0) is 14.3 Å². The zero-order chi connectivity index (χ0) is 19.8. The number of thiocyanates is 1. The topological polar surface area (TPSA) is 108 Å². The molecule has 0 aliphatic carbocycles. The Bertz CT molecular complexity index is 921. The van der Waals surface area contributed by atoms with E-state index in [1.165, 1.54) is 19.1 Å². The SMILES string of the molecule is CC(=O)Nc1cccc(C(=O)OCC(=O)Nc2ccc(SC#N)cc2C)c1. The van der Waals surface area contributed by atoms with Gasteiger partial charge in [0, 0.05) is 23.2 Å². The maximum atomic E-state index is 12.1. The van der Waals surface area contributed by atoms with Crippen molar-refractivity contribution < 1.29 is 19.1 Å². The molecular formula is C19H17N3O4S. The third-order valence-corrected chi connectivity index (χ3v) is 3.97. The average Bonchev–Trinajstić information content (AvgIpc) is 2.62. The standard InChI is InChI=1S/C19H17N3O4S/c1-12-8-16(27-11-20)6-7-17(12)22-18(24)10-26-19(25)14-4-3-5-15(9-14)21-13(2)23/h3-9H,10H2,1-2H3,(H,21,23)(H,22,24). The Morgan fingerprint density at radius 1 is 1.15 bits per heavy atom. The number of nitrogens with one attached hydrogen (secondary N) is 2. The summed E-state index contributed by atoms with van der Waals surface area (Å²) in [6, 6.07) is 11.4. The van der Waals surface area contributed by atoms with Gasteiger partial charge in [-0.3, -0.25) is 9.59 Å². The largest absolute Gasteiger partial charge is 0.452 e. The minimum Gasteiger partial charge on any atom is -0.452 e. The van der Waals surface area contributed by atoms with Crippen LogP contribution in [0.1, 0.15) is 22.8 Å². The van der Waals surface area contributed by atoms with Crippen molar-refractivity contribution in [3.8, 4) is 5.40 Å². The van der Waals surface area contributed by atoms with Crippen molar-refractivity contribution in [2.24, 2.45) is 0 Å². The molecule has 0 heterocycles. The summed E-state index contributed by atoms with van der Waals surface area (Å²) in [6.45, 7) is 2.72. The number of carbonyl (C=O) groups is 3. The zero-order valence-corrected chi connectivity index (χ0v) is 15.6. The minimum atomic E-state index is -0.671. The first-order valence-corrected chi connectivity index (χ1v) is 8.72. The molecule has 2 rings (SSSR count). The fourth-order valence-electron chi connectivity index (χ4n) is 2.22. The van der Waals surface area contributed by atoms with E-state index in [1.807, 2.05) is 5.40 Å². The highest BCUT2D eigenvalue weighted by atomic mass is 32.2. The van der Waals surface area contributed by atoms with Crippen molar-refractivity contribution >= 4 is 40.9 Å². The van der Waals surface area contributed by atoms with E-state index in [2.05, 4.69) is 10.6 Å². The number of esters is 1. The van der Waals surface area contributed by atoms with Crippen LogP contribution in [0.5, 0.6) is 0 Å². The van der Waals surface area contributed by atoms with Crippen LogP contribution in [0.3, 0.4) is 0 Å². The van der Waals surface area contributed by atoms with Crippen LogP contribution in [0, 0.1) is 17.6 Å². The molecule has 0 spiro atoms. The number of ether oxygens (including phenoxy) is 1. The molecule has 0 saturated carbocycles. The summed E-state index contributed by atoms with van der Waals surface area (Å²) in [4.78, 5) is 35.9. The first kappa shape index (κ1) is 20.0. The van der Waals surface area contributed by atoms with Gasteiger partial charge in [-0.15, -0.1) is 0 Å². The Hall–Kier alpha value is -3.31. The molecule has 2 aromatic carbocycles. The molecule has 0 aliphatic rings. The van der Waals surface area contributed by atoms with Crippen molar-refractivity contribution in [1.82, 2.24) is 0 Å². The number of nitrogens with zero attached hydrogens (tertiary/aromatic N) is 1. The number of nitriles is 1. The normalized spacial score (nSPS) is 9.81. The molecule has 27 heavy (non-hydrogen) atoms. The lowest BCUT2D eigenvalue weighted by atomic mass is 10.2. The number of benzene rings is 2. The van der Waals surface area contributed by atoms with Gasteiger partial charge in [0.25, 0.3) is 5.91 Å². The quantitative estimate of drug-likeness (QED) is 0.450. The van der Waals surface area contributed by atoms with Crippen molar-refractivity contribution in [3.05, 3.63) is 53.6 Å². The fraction of sp³-hybridized carbons (Fsp3) is 0.158. The molecule has 0 saturated heterocycles. The summed E-state index contributed by atoms with van der Waals surface area (Å²) in [5, 5.41) is 15.9. The van der Waals surface area contributed by atoms with Crippen LogP contribution in [0.25, 0.3) is 0 Å². The molecule has 0 aliphatic heterocycles. The number of thioether (sulfide) groups is 1. The first-order chi connectivity index (χ1) is 12.9. The second-order valence-electron chi connectivity index (χ2n) is 5.56. The lowest BCUT2D eigenvalue weighted by Gasteiger charge is -2.10. The second-order valence-corrected chi connectivity index (χ2v) is 6.41. The Morgan fingerprint density at radius 3 is 2.59 bits per heavy atom. The van der Waals surface area contributed by atoms with E-state index in [9.17, 15) is 14.4 Å². The number of hydrogen-bond donors (Lipinski definition) is 2. The molecule has 0 fully saturated rings. The van der Waals surface area contributed by atoms with E-state index in [-0.39, 0.29) is 11.5 Å². The van der Waals surface area contributed by atoms with Crippen molar-refractivity contribution in [1.29, 1.82) is 5.26 Å². The highest BCUT2D eigenvalue weighted by molar-refractivity contribution is 8.03. The number of carbonyl (C=O) groups excluding carboxylic acids is 3. The molecular weight excluding hydrogens is 366 g/mol. The number of hydrogen-bond acceptors (Lipinski definition) is 6. The van der Waals surface area contributed by atoms with Gasteiger partial charge < -0.3 is 15.4 Å². The highest BCUT2D eigenvalue weighted by Gasteiger charge is 2.12. The van der Waals surface area contributed by atoms with Gasteiger partial charge in [0.2, 0.25) is 5.91 Å². The molecule has 2 amide bonds. The monoisotopic (exact) mass is 383 g/mol. The third-order valence-electron chi connectivity index (χ3n) is 3.39. The lowest BCUT2D eigenvalue weighted by Crippen LogP contribution is -2.21. The van der Waals surface area contributed by atoms with Crippen molar-refractivity contribution in [2.45, 2.75) is 18.7 Å². The van der Waals surface area contributed by atoms with Gasteiger partial charge in [0.15, 0.2) is 6.61 Å². The van der Waals surface area contributed by atoms with Gasteiger partial charge in [0.05, 0.1) is 5.56 Å². The Kier molecular flexibility index (Phi) is 6.97. The molecule has 2 N–H and O–H groups in total. The highest BCUT2D eigenvalue weighted by Crippen LogP contribution is 2.23. The first-order valence-electron chi connectivity index (χ1n) is 7.90. The Balaban J connectivity index is 1.93. The predicted molar refractivity (Wildman–Crippen MR) is 102 cm³/mol. The van der Waals surface area contributed by atoms with Gasteiger partial charge in [-0.05, 0) is 60.6 Å². The van der Waals surface area contributed by atoms with E-state index < -0.39 is 18.5 Å². The Morgan fingerprint density at radius 2 is 1.93 bits per heavy atom. The third kappa shape index (κ3) is 6.17. The summed E-state index contributed by atoms with van der Waals surface area (Å²) in [7, 11) is 0. The molecule has 0 unspecified atom stereocenters. The van der Waals surface area contributed by atoms with Gasteiger partial charge in [-0.25, -0.2) is 4.79 Å². The fourth-order valence-corrected chi connectivity index (χ4v) is 2.70. The van der Waals surface area contributed by atoms with E-state index in [1.54, 1.807) is 37.3 Å². The molecule has 2 aromatic rings. The van der Waals surface area contributed by atoms with Crippen LogP contribution in [0.2, 0.25) is 0 Å². The van der Waals surface area contributed by atoms with Crippen LogP contribution in [0.15, 0.2) is 47.4 Å². The molecule has 0 radical (unpaired) electrons. The van der Waals surface area contributed by atoms with Crippen LogP contribution in [0.4, 0.5) is 11.4 Å². The van der Waals surface area contributed by atoms with Crippen LogP contribution in [-0.4, -0.2) is 24.4 Å². The smallest absolute Gasteiger partial charge is 0.338 e. The lowest BCUT2D eigenvalue weighted by molar-refractivity contribution is -0.119. The summed E-state index contributed by atoms with van der Waals surface area (Å²) in [5.41, 5.74) is 2.05. The molecule has 0 aromatic heterocycles. The minimum absolute atomic E-state index is 0.225. The summed E-state index contributed by atoms with van der Waals surface area (Å²) >= 11 is 1.03. The van der Waals surface area contributed by atoms with Gasteiger partial charge in [0.1, 0.15) is 5.40 Å². The Labute approximate surface area is 160 Å². The number of amides is 2. The van der Waals surface area contributed by atoms with Crippen molar-refractivity contribution in [3.63, 3.8) is 0 Å². The predicted octanol–water partition coefficient (Wildman–Crippen LogP) is 3.32. The molecule has 7 nitrogen and oxygen atoms in total. The van der Waals surface area contributed by atoms with Crippen LogP contribution < -0.4 is 10.6 Å². The molecule has 8 heteroatoms. The van der Waals surface area contributed by atoms with E-state index in [0.717, 1.165) is 22.2 Å². The maximum absolute atomic E-state index is 12.1. The average molecular weight is 383 g/mol. The number of rotatable bonds is 6. The van der Waals surface area contributed by atoms with E-state index >= 15 is 0 Å². The van der Waals surface area contributed by atoms with Gasteiger partial charge in [-0.2, -0.15) is 5.26 Å². The van der Waals surface area contributed by atoms with E-state index in [0.29, 0.717) is 11.4 Å². The van der Waals surface area contributed by atoms with Gasteiger partial charge >= 0.3 is 5.97 Å². The molecule has 138 valence electrons. The van der Waals surface area contributed by atoms with E-state index in [4.69, 9.17) is 10.00 Å². The summed E-state index contributed by atoms with van der Waals surface area (Å²) in [6.07, 6.45) is 0. The number of anilines is 2. The second kappa shape index (κ2) is 9.40. The summed E-state index contributed by atoms with van der Waals surface area (Å²) in [5.74, 6) is -1.41.